The number of hydrogen-bond donors (Lipinski definition) is 2. The van der Waals surface area contributed by atoms with Gasteiger partial charge in [-0.1, -0.05) is 5.21 Å². The van der Waals surface area contributed by atoms with Gasteiger partial charge in [0.2, 0.25) is 0 Å². The topological polar surface area (TPSA) is 125 Å². The molecule has 0 saturated heterocycles. The highest BCUT2D eigenvalue weighted by Crippen LogP contribution is 2.10. The third kappa shape index (κ3) is 7.71. The van der Waals surface area contributed by atoms with Gasteiger partial charge in [0.25, 0.3) is 0 Å². The van der Waals surface area contributed by atoms with E-state index >= 15 is 0 Å². The van der Waals surface area contributed by atoms with Gasteiger partial charge in [0.05, 0.1) is 70.3 Å². The van der Waals surface area contributed by atoms with Crippen molar-refractivity contribution in [2.24, 2.45) is 0 Å². The Morgan fingerprint density at radius 2 is 1.50 bits per heavy atom. The molecule has 0 aliphatic carbocycles. The predicted octanol–water partition coefficient (Wildman–Crippen LogP) is -0.0415. The fraction of sp³-hybridized carbons (Fsp3) is 0.500. The van der Waals surface area contributed by atoms with Crippen LogP contribution in [0.3, 0.4) is 0 Å². The molecule has 0 aliphatic heterocycles. The minimum absolute atomic E-state index is 0.000731. The summed E-state index contributed by atoms with van der Waals surface area (Å²) in [5, 5.41) is 25.2. The van der Waals surface area contributed by atoms with Crippen LogP contribution < -0.4 is 0 Å². The van der Waals surface area contributed by atoms with E-state index in [1.165, 1.54) is 4.68 Å². The van der Waals surface area contributed by atoms with Crippen LogP contribution in [0.2, 0.25) is 0 Å². The van der Waals surface area contributed by atoms with Gasteiger partial charge in [0.15, 0.2) is 0 Å². The van der Waals surface area contributed by atoms with E-state index in [1.807, 2.05) is 0 Å². The number of hydrogen-bond acceptors (Lipinski definition) is 9. The molecule has 0 bridgehead atoms. The lowest BCUT2D eigenvalue weighted by molar-refractivity contribution is -0.00313. The number of aliphatic hydroxyl groups is 2. The Labute approximate surface area is 162 Å². The Balaban J connectivity index is 1.58. The Hall–Kier alpha value is -2.37. The first kappa shape index (κ1) is 21.9. The van der Waals surface area contributed by atoms with Crippen LogP contribution in [0, 0.1) is 0 Å². The van der Waals surface area contributed by atoms with E-state index in [0.717, 1.165) is 0 Å². The number of benzene rings is 1. The van der Waals surface area contributed by atoms with Crippen molar-refractivity contribution in [1.82, 2.24) is 15.0 Å². The summed E-state index contributed by atoms with van der Waals surface area (Å²) in [6.45, 7) is 2.20. The molecule has 10 heteroatoms. The van der Waals surface area contributed by atoms with Crippen LogP contribution in [0.1, 0.15) is 16.1 Å². The predicted molar refractivity (Wildman–Crippen MR) is 97.1 cm³/mol. The highest BCUT2D eigenvalue weighted by molar-refractivity contribution is 5.89. The van der Waals surface area contributed by atoms with Crippen LogP contribution >= 0.6 is 0 Å². The highest BCUT2D eigenvalue weighted by Gasteiger charge is 2.08. The summed E-state index contributed by atoms with van der Waals surface area (Å²) in [6, 6.07) is 6.69. The van der Waals surface area contributed by atoms with Crippen molar-refractivity contribution in [2.45, 2.75) is 6.61 Å². The summed E-state index contributed by atoms with van der Waals surface area (Å²) in [5.41, 5.74) is 1.59. The maximum atomic E-state index is 12.0. The highest BCUT2D eigenvalue weighted by atomic mass is 16.6. The normalized spacial score (nSPS) is 10.9. The van der Waals surface area contributed by atoms with Crippen molar-refractivity contribution in [1.29, 1.82) is 0 Å². The Bertz CT molecular complexity index is 691. The molecule has 0 amide bonds. The molecule has 10 nitrogen and oxygen atoms in total. The second-order valence-electron chi connectivity index (χ2n) is 5.56. The molecule has 0 atom stereocenters. The average molecular weight is 395 g/mol. The number of esters is 1. The fourth-order valence-electron chi connectivity index (χ4n) is 2.13. The van der Waals surface area contributed by atoms with Gasteiger partial charge in [-0.05, 0) is 24.3 Å². The van der Waals surface area contributed by atoms with E-state index in [-0.39, 0.29) is 26.4 Å². The Morgan fingerprint density at radius 1 is 0.893 bits per heavy atom. The second-order valence-corrected chi connectivity index (χ2v) is 5.56. The molecule has 0 spiro atoms. The lowest BCUT2D eigenvalue weighted by Crippen LogP contribution is -2.14. The number of aliphatic hydroxyl groups excluding tert-OH is 2. The first-order valence-corrected chi connectivity index (χ1v) is 8.88. The van der Waals surface area contributed by atoms with Crippen molar-refractivity contribution in [3.8, 4) is 5.69 Å². The van der Waals surface area contributed by atoms with E-state index < -0.39 is 5.97 Å². The lowest BCUT2D eigenvalue weighted by Gasteiger charge is -2.08. The molecule has 1 aromatic carbocycles. The monoisotopic (exact) mass is 395 g/mol. The van der Waals surface area contributed by atoms with Crippen LogP contribution in [-0.2, 0) is 25.6 Å². The molecule has 1 aromatic heterocycles. The average Bonchev–Trinajstić information content (AvgIpc) is 3.21. The minimum atomic E-state index is -0.443. The van der Waals surface area contributed by atoms with Gasteiger partial charge in [0.1, 0.15) is 12.3 Å². The molecular weight excluding hydrogens is 370 g/mol. The molecule has 0 aliphatic rings. The van der Waals surface area contributed by atoms with Crippen LogP contribution in [0.5, 0.6) is 0 Å². The van der Waals surface area contributed by atoms with Gasteiger partial charge >= 0.3 is 5.97 Å². The van der Waals surface area contributed by atoms with Crippen LogP contribution in [0.15, 0.2) is 30.5 Å². The fourth-order valence-corrected chi connectivity index (χ4v) is 2.13. The largest absolute Gasteiger partial charge is 0.460 e. The van der Waals surface area contributed by atoms with Gasteiger partial charge in [0, 0.05) is 0 Å². The number of nitrogens with zero attached hydrogens (tertiary/aromatic N) is 3. The van der Waals surface area contributed by atoms with E-state index in [2.05, 4.69) is 10.3 Å². The first-order valence-electron chi connectivity index (χ1n) is 8.88. The van der Waals surface area contributed by atoms with Crippen LogP contribution in [0.25, 0.3) is 5.69 Å². The first-order chi connectivity index (χ1) is 13.7. The summed E-state index contributed by atoms with van der Waals surface area (Å²) in [7, 11) is 0. The van der Waals surface area contributed by atoms with Crippen molar-refractivity contribution in [3.63, 3.8) is 0 Å². The molecule has 154 valence electrons. The van der Waals surface area contributed by atoms with E-state index in [1.54, 1.807) is 30.5 Å². The van der Waals surface area contributed by atoms with E-state index in [0.29, 0.717) is 50.0 Å². The van der Waals surface area contributed by atoms with Crippen molar-refractivity contribution < 1.29 is 34.0 Å². The third-order valence-electron chi connectivity index (χ3n) is 3.51. The SMILES string of the molecule is O=C(OCCOCCOCCOCCO)c1ccc(-n2cc(CO)nn2)cc1. The molecular formula is C18H25N3O7. The zero-order chi connectivity index (χ0) is 20.0. The van der Waals surface area contributed by atoms with Gasteiger partial charge in [-0.2, -0.15) is 0 Å². The zero-order valence-corrected chi connectivity index (χ0v) is 15.5. The quantitative estimate of drug-likeness (QED) is 0.335. The summed E-state index contributed by atoms with van der Waals surface area (Å²) in [4.78, 5) is 12.0. The number of aromatic nitrogens is 3. The summed E-state index contributed by atoms with van der Waals surface area (Å²) < 4.78 is 22.3. The number of rotatable bonds is 14. The molecule has 1 heterocycles. The van der Waals surface area contributed by atoms with Crippen LogP contribution in [-0.4, -0.2) is 84.0 Å². The standard InChI is InChI=1S/C18H25N3O7/c22-5-6-25-7-8-26-9-10-27-11-12-28-18(24)15-1-3-17(4-2-15)21-13-16(14-23)19-20-21/h1-4,13,22-23H,5-12,14H2. The Kier molecular flexibility index (Phi) is 10.1. The van der Waals surface area contributed by atoms with Gasteiger partial charge in [-0.3, -0.25) is 0 Å². The second kappa shape index (κ2) is 12.9. The molecule has 0 radical (unpaired) electrons. The summed E-state index contributed by atoms with van der Waals surface area (Å²) in [6.07, 6.45) is 1.61. The maximum absolute atomic E-state index is 12.0. The van der Waals surface area contributed by atoms with E-state index in [9.17, 15) is 4.79 Å². The smallest absolute Gasteiger partial charge is 0.338 e. The molecule has 2 aromatic rings. The number of carbonyl (C=O) groups is 1. The molecule has 2 rings (SSSR count). The third-order valence-corrected chi connectivity index (χ3v) is 3.51. The molecule has 28 heavy (non-hydrogen) atoms. The van der Waals surface area contributed by atoms with Crippen molar-refractivity contribution in [3.05, 3.63) is 41.7 Å². The van der Waals surface area contributed by atoms with Gasteiger partial charge in [-0.25, -0.2) is 9.48 Å². The van der Waals surface area contributed by atoms with Crippen molar-refractivity contribution >= 4 is 5.97 Å². The molecule has 0 saturated carbocycles. The zero-order valence-electron chi connectivity index (χ0n) is 15.5. The molecule has 0 unspecified atom stereocenters. The van der Waals surface area contributed by atoms with Gasteiger partial charge in [-0.15, -0.1) is 5.10 Å². The maximum Gasteiger partial charge on any atom is 0.338 e. The Morgan fingerprint density at radius 3 is 2.07 bits per heavy atom. The van der Waals surface area contributed by atoms with Crippen molar-refractivity contribution in [2.75, 3.05) is 52.9 Å². The summed E-state index contributed by atoms with van der Waals surface area (Å²) in [5.74, 6) is -0.443. The number of ether oxygens (including phenoxy) is 4. The molecule has 0 fully saturated rings. The van der Waals surface area contributed by atoms with Crippen LogP contribution in [0.4, 0.5) is 0 Å². The molecule has 2 N–H and O–H groups in total. The van der Waals surface area contributed by atoms with E-state index in [4.69, 9.17) is 29.2 Å². The minimum Gasteiger partial charge on any atom is -0.460 e. The van der Waals surface area contributed by atoms with Gasteiger partial charge < -0.3 is 29.2 Å². The lowest BCUT2D eigenvalue weighted by atomic mass is 10.2. The number of carbonyl (C=O) groups excluding carboxylic acids is 1. The summed E-state index contributed by atoms with van der Waals surface area (Å²) >= 11 is 0.